The van der Waals surface area contributed by atoms with Crippen molar-refractivity contribution in [3.05, 3.63) is 33.4 Å². The van der Waals surface area contributed by atoms with Gasteiger partial charge in [0.15, 0.2) is 11.7 Å². The van der Waals surface area contributed by atoms with Gasteiger partial charge < -0.3 is 4.74 Å². The molecular formula is C13H11ClF3N3O2S. The average Bonchev–Trinajstić information content (AvgIpc) is 2.74. The van der Waals surface area contributed by atoms with Gasteiger partial charge >= 0.3 is 6.18 Å². The Balaban J connectivity index is 2.08. The number of halogens is 4. The number of nitrogens with one attached hydrogen (secondary N) is 1. The van der Waals surface area contributed by atoms with Crippen molar-refractivity contribution in [1.29, 1.82) is 0 Å². The number of pyridine rings is 1. The lowest BCUT2D eigenvalue weighted by molar-refractivity contribution is -0.154. The molecule has 0 radical (unpaired) electrons. The van der Waals surface area contributed by atoms with E-state index in [1.807, 2.05) is 13.8 Å². The van der Waals surface area contributed by atoms with Crippen LogP contribution in [0.4, 0.5) is 18.3 Å². The van der Waals surface area contributed by atoms with Crippen molar-refractivity contribution >= 4 is 34.0 Å². The molecule has 0 saturated heterocycles. The van der Waals surface area contributed by atoms with Gasteiger partial charge in [0.2, 0.25) is 5.88 Å². The molecule has 23 heavy (non-hydrogen) atoms. The summed E-state index contributed by atoms with van der Waals surface area (Å²) in [5, 5.41) is 2.80. The Morgan fingerprint density at radius 2 is 2.13 bits per heavy atom. The van der Waals surface area contributed by atoms with Crippen LogP contribution >= 0.6 is 22.9 Å². The van der Waals surface area contributed by atoms with E-state index in [0.717, 1.165) is 16.8 Å². The predicted octanol–water partition coefficient (Wildman–Crippen LogP) is 4.00. The number of amides is 1. The number of nitrogens with zero attached hydrogens (tertiary/aromatic N) is 2. The zero-order valence-electron chi connectivity index (χ0n) is 12.0. The highest BCUT2D eigenvalue weighted by Crippen LogP contribution is 2.26. The molecule has 2 rings (SSSR count). The van der Waals surface area contributed by atoms with E-state index in [2.05, 4.69) is 20.0 Å². The second kappa shape index (κ2) is 6.71. The molecule has 1 amide bonds. The van der Waals surface area contributed by atoms with Crippen LogP contribution in [-0.2, 0) is 0 Å². The average molecular weight is 366 g/mol. The highest BCUT2D eigenvalue weighted by molar-refractivity contribution is 7.15. The van der Waals surface area contributed by atoms with Crippen LogP contribution < -0.4 is 10.1 Å². The fourth-order valence-corrected chi connectivity index (χ4v) is 2.53. The van der Waals surface area contributed by atoms with Gasteiger partial charge in [0.25, 0.3) is 5.91 Å². The summed E-state index contributed by atoms with van der Waals surface area (Å²) >= 11 is 7.10. The first kappa shape index (κ1) is 17.5. The molecule has 5 nitrogen and oxygen atoms in total. The number of hydrogen-bond donors (Lipinski definition) is 1. The maximum absolute atomic E-state index is 12.1. The molecule has 0 aliphatic rings. The molecule has 0 bridgehead atoms. The third-order valence-electron chi connectivity index (χ3n) is 2.69. The van der Waals surface area contributed by atoms with Gasteiger partial charge in [-0.2, -0.15) is 13.2 Å². The number of anilines is 1. The number of carbonyl (C=O) groups is 1. The van der Waals surface area contributed by atoms with Crippen LogP contribution in [0.5, 0.6) is 5.88 Å². The second-order valence-corrected chi connectivity index (χ2v) is 6.14. The lowest BCUT2D eigenvalue weighted by Crippen LogP contribution is -2.20. The smallest absolute Gasteiger partial charge is 0.422 e. The van der Waals surface area contributed by atoms with Crippen molar-refractivity contribution in [3.8, 4) is 5.88 Å². The zero-order valence-corrected chi connectivity index (χ0v) is 13.6. The standard InChI is InChI=1S/C13H11ClF3N3O2S/c1-6-7(2)23-12(19-6)20-10(21)8-3-9(14)11(18-4-8)22-5-13(15,16)17/h3-4H,5H2,1-2H3,(H,19,20,21). The Hall–Kier alpha value is -1.87. The van der Waals surface area contributed by atoms with E-state index >= 15 is 0 Å². The lowest BCUT2D eigenvalue weighted by atomic mass is 10.2. The maximum atomic E-state index is 12.1. The van der Waals surface area contributed by atoms with Gasteiger partial charge in [0, 0.05) is 11.1 Å². The monoisotopic (exact) mass is 365 g/mol. The molecule has 10 heteroatoms. The normalized spacial score (nSPS) is 11.4. The first-order chi connectivity index (χ1) is 10.7. The minimum absolute atomic E-state index is 0.0832. The molecule has 2 aromatic heterocycles. The van der Waals surface area contributed by atoms with Crippen LogP contribution in [0.1, 0.15) is 20.9 Å². The van der Waals surface area contributed by atoms with Crippen LogP contribution in [0, 0.1) is 13.8 Å². The van der Waals surface area contributed by atoms with Gasteiger partial charge in [0.1, 0.15) is 5.02 Å². The van der Waals surface area contributed by atoms with Crippen molar-refractivity contribution in [2.75, 3.05) is 11.9 Å². The van der Waals surface area contributed by atoms with E-state index in [0.29, 0.717) is 5.13 Å². The van der Waals surface area contributed by atoms with Crippen molar-refractivity contribution in [2.45, 2.75) is 20.0 Å². The summed E-state index contributed by atoms with van der Waals surface area (Å²) in [7, 11) is 0. The number of aromatic nitrogens is 2. The molecule has 0 aromatic carbocycles. The van der Waals surface area contributed by atoms with E-state index in [1.54, 1.807) is 0 Å². The van der Waals surface area contributed by atoms with Crippen molar-refractivity contribution in [3.63, 3.8) is 0 Å². The molecule has 2 heterocycles. The molecule has 0 aliphatic heterocycles. The van der Waals surface area contributed by atoms with Crippen molar-refractivity contribution in [2.24, 2.45) is 0 Å². The van der Waals surface area contributed by atoms with Gasteiger partial charge in [0.05, 0.1) is 11.3 Å². The number of thiazole rings is 1. The van der Waals surface area contributed by atoms with Crippen LogP contribution in [0.3, 0.4) is 0 Å². The van der Waals surface area contributed by atoms with Gasteiger partial charge in [-0.05, 0) is 19.9 Å². The van der Waals surface area contributed by atoms with Crippen LogP contribution in [0.15, 0.2) is 12.3 Å². The Morgan fingerprint density at radius 1 is 1.43 bits per heavy atom. The van der Waals surface area contributed by atoms with E-state index in [4.69, 9.17) is 11.6 Å². The molecule has 124 valence electrons. The molecule has 0 saturated carbocycles. The lowest BCUT2D eigenvalue weighted by Gasteiger charge is -2.10. The number of carbonyl (C=O) groups excluding carboxylic acids is 1. The molecule has 0 fully saturated rings. The maximum Gasteiger partial charge on any atom is 0.422 e. The van der Waals surface area contributed by atoms with Gasteiger partial charge in [-0.15, -0.1) is 11.3 Å². The SMILES string of the molecule is Cc1nc(NC(=O)c2cnc(OCC(F)(F)F)c(Cl)c2)sc1C. The third kappa shape index (κ3) is 4.80. The largest absolute Gasteiger partial charge is 0.467 e. The van der Waals surface area contributed by atoms with Crippen LogP contribution in [0.2, 0.25) is 5.02 Å². The summed E-state index contributed by atoms with van der Waals surface area (Å²) in [5.41, 5.74) is 0.886. The van der Waals surface area contributed by atoms with E-state index < -0.39 is 18.7 Å². The Bertz CT molecular complexity index is 714. The third-order valence-corrected chi connectivity index (χ3v) is 3.95. The summed E-state index contributed by atoms with van der Waals surface area (Å²) < 4.78 is 40.7. The van der Waals surface area contributed by atoms with Crippen LogP contribution in [-0.4, -0.2) is 28.7 Å². The number of hydrogen-bond acceptors (Lipinski definition) is 5. The summed E-state index contributed by atoms with van der Waals surface area (Å²) in [6.07, 6.45) is -3.41. The van der Waals surface area contributed by atoms with Crippen LogP contribution in [0.25, 0.3) is 0 Å². The molecule has 0 atom stereocenters. The second-order valence-electron chi connectivity index (χ2n) is 4.53. The highest BCUT2D eigenvalue weighted by atomic mass is 35.5. The molecule has 2 aromatic rings. The molecular weight excluding hydrogens is 355 g/mol. The fraction of sp³-hybridized carbons (Fsp3) is 0.308. The van der Waals surface area contributed by atoms with E-state index in [1.165, 1.54) is 17.4 Å². The Labute approximate surface area is 138 Å². The number of rotatable bonds is 4. The first-order valence-corrected chi connectivity index (χ1v) is 7.45. The highest BCUT2D eigenvalue weighted by Gasteiger charge is 2.29. The topological polar surface area (TPSA) is 64.1 Å². The predicted molar refractivity (Wildman–Crippen MR) is 80.3 cm³/mol. The number of ether oxygens (including phenoxy) is 1. The number of alkyl halides is 3. The molecule has 0 unspecified atom stereocenters. The zero-order chi connectivity index (χ0) is 17.2. The van der Waals surface area contributed by atoms with E-state index in [9.17, 15) is 18.0 Å². The van der Waals surface area contributed by atoms with E-state index in [-0.39, 0.29) is 16.5 Å². The number of aryl methyl sites for hydroxylation is 2. The summed E-state index contributed by atoms with van der Waals surface area (Å²) in [4.78, 5) is 20.8. The molecule has 0 spiro atoms. The summed E-state index contributed by atoms with van der Waals surface area (Å²) in [5.74, 6) is -0.906. The summed E-state index contributed by atoms with van der Waals surface area (Å²) in [6, 6.07) is 1.18. The Morgan fingerprint density at radius 3 is 2.65 bits per heavy atom. The minimum Gasteiger partial charge on any atom is -0.467 e. The van der Waals surface area contributed by atoms with Crippen molar-refractivity contribution < 1.29 is 22.7 Å². The van der Waals surface area contributed by atoms with Gasteiger partial charge in [-0.1, -0.05) is 11.6 Å². The fourth-order valence-electron chi connectivity index (χ4n) is 1.50. The molecule has 1 N–H and O–H groups in total. The van der Waals surface area contributed by atoms with Crippen molar-refractivity contribution in [1.82, 2.24) is 9.97 Å². The van der Waals surface area contributed by atoms with Gasteiger partial charge in [-0.3, -0.25) is 10.1 Å². The molecule has 0 aliphatic carbocycles. The summed E-state index contributed by atoms with van der Waals surface area (Å²) in [6.45, 7) is 2.17. The Kier molecular flexibility index (Phi) is 5.10. The minimum atomic E-state index is -4.50. The quantitative estimate of drug-likeness (QED) is 0.889. The first-order valence-electron chi connectivity index (χ1n) is 6.26. The van der Waals surface area contributed by atoms with Gasteiger partial charge in [-0.25, -0.2) is 9.97 Å².